The van der Waals surface area contributed by atoms with Crippen molar-refractivity contribution in [1.82, 2.24) is 15.6 Å². The number of nitrogens with one attached hydrogen (secondary N) is 1. The van der Waals surface area contributed by atoms with E-state index in [2.05, 4.69) is 25.6 Å². The summed E-state index contributed by atoms with van der Waals surface area (Å²) in [7, 11) is 0. The van der Waals surface area contributed by atoms with Gasteiger partial charge in [-0.05, 0) is 40.1 Å². The van der Waals surface area contributed by atoms with Crippen LogP contribution in [-0.2, 0) is 13.2 Å². The fourth-order valence-electron chi connectivity index (χ4n) is 2.50. The molecule has 3 rings (SSSR count). The van der Waals surface area contributed by atoms with Gasteiger partial charge in [-0.3, -0.25) is 4.79 Å². The van der Waals surface area contributed by atoms with E-state index in [1.807, 2.05) is 48.5 Å². The van der Waals surface area contributed by atoms with Gasteiger partial charge in [0, 0.05) is 10.6 Å². The van der Waals surface area contributed by atoms with Crippen LogP contribution in [0.15, 0.2) is 53.2 Å². The number of anilines is 1. The van der Waals surface area contributed by atoms with Crippen molar-refractivity contribution in [2.24, 2.45) is 0 Å². The molecule has 9 heteroatoms. The first-order valence-corrected chi connectivity index (χ1v) is 9.13. The van der Waals surface area contributed by atoms with Gasteiger partial charge < -0.3 is 21.1 Å². The first-order valence-electron chi connectivity index (χ1n) is 8.76. The first kappa shape index (κ1) is 19.7. The summed E-state index contributed by atoms with van der Waals surface area (Å²) in [5.41, 5.74) is 7.67. The van der Waals surface area contributed by atoms with Gasteiger partial charge in [-0.15, -0.1) is 0 Å². The molecule has 3 aromatic rings. The molecule has 0 unspecified atom stereocenters. The highest BCUT2D eigenvalue weighted by molar-refractivity contribution is 6.30. The number of ether oxygens (including phenoxy) is 1. The van der Waals surface area contributed by atoms with Crippen molar-refractivity contribution in [2.75, 3.05) is 18.8 Å². The molecule has 0 aliphatic rings. The number of rotatable bonds is 9. The molecule has 0 radical (unpaired) electrons. The van der Waals surface area contributed by atoms with Crippen LogP contribution < -0.4 is 21.1 Å². The van der Waals surface area contributed by atoms with Crippen LogP contribution in [0.25, 0.3) is 0 Å². The van der Waals surface area contributed by atoms with E-state index >= 15 is 0 Å². The summed E-state index contributed by atoms with van der Waals surface area (Å²) in [6, 6.07) is 15.5. The fraction of sp³-hybridized carbons (Fsp3) is 0.211. The number of nitrogens with zero attached hydrogens (tertiary/aromatic N) is 2. The molecule has 28 heavy (non-hydrogen) atoms. The molecule has 0 saturated heterocycles. The highest BCUT2D eigenvalue weighted by Crippen LogP contribution is 2.16. The third-order valence-electron chi connectivity index (χ3n) is 3.96. The van der Waals surface area contributed by atoms with Gasteiger partial charge in [0.05, 0.1) is 13.1 Å². The summed E-state index contributed by atoms with van der Waals surface area (Å²) >= 11 is 5.89. The average molecular weight is 403 g/mol. The van der Waals surface area contributed by atoms with Gasteiger partial charge in [-0.2, -0.15) is 0 Å². The van der Waals surface area contributed by atoms with E-state index in [9.17, 15) is 4.79 Å². The number of nitrogens with two attached hydrogens (primary N) is 2. The second-order valence-electron chi connectivity index (χ2n) is 6.10. The first-order chi connectivity index (χ1) is 13.6. The van der Waals surface area contributed by atoms with Crippen molar-refractivity contribution in [3.63, 3.8) is 0 Å². The van der Waals surface area contributed by atoms with Crippen LogP contribution in [-0.4, -0.2) is 29.3 Å². The highest BCUT2D eigenvalue weighted by atomic mass is 35.5. The van der Waals surface area contributed by atoms with Crippen LogP contribution in [0.1, 0.15) is 21.6 Å². The van der Waals surface area contributed by atoms with E-state index in [1.54, 1.807) is 0 Å². The Kier molecular flexibility index (Phi) is 6.83. The van der Waals surface area contributed by atoms with Crippen molar-refractivity contribution in [3.8, 4) is 5.75 Å². The minimum Gasteiger partial charge on any atom is -0.489 e. The number of benzene rings is 2. The van der Waals surface area contributed by atoms with Gasteiger partial charge in [-0.1, -0.05) is 35.9 Å². The fourth-order valence-corrected chi connectivity index (χ4v) is 2.63. The number of hydrogen-bond acceptors (Lipinski definition) is 6. The Balaban J connectivity index is 1.39. The van der Waals surface area contributed by atoms with Crippen molar-refractivity contribution in [3.05, 3.63) is 70.4 Å². The van der Waals surface area contributed by atoms with Crippen LogP contribution in [0.5, 0.6) is 5.75 Å². The molecule has 0 bridgehead atoms. The Hall–Kier alpha value is -3.10. The zero-order valence-electron chi connectivity index (χ0n) is 15.1. The highest BCUT2D eigenvalue weighted by Gasteiger charge is 2.15. The number of hydrogen-bond donors (Lipinski definition) is 3. The molecule has 146 valence electrons. The number of aromatic nitrogens is 2. The number of halogens is 1. The lowest BCUT2D eigenvalue weighted by Crippen LogP contribution is -2.84. The molecule has 1 aromatic heterocycles. The summed E-state index contributed by atoms with van der Waals surface area (Å²) in [5, 5.41) is 12.3. The monoisotopic (exact) mass is 402 g/mol. The van der Waals surface area contributed by atoms with Crippen LogP contribution in [0.3, 0.4) is 0 Å². The second-order valence-corrected chi connectivity index (χ2v) is 6.53. The van der Waals surface area contributed by atoms with E-state index in [1.165, 1.54) is 0 Å². The number of nitrogen functional groups attached to an aromatic ring is 1. The number of quaternary nitrogens is 1. The molecule has 0 saturated carbocycles. The second kappa shape index (κ2) is 9.72. The van der Waals surface area contributed by atoms with Crippen LogP contribution in [0.4, 0.5) is 5.82 Å². The van der Waals surface area contributed by atoms with Gasteiger partial charge >= 0.3 is 0 Å². The topological polar surface area (TPSA) is 120 Å². The Labute approximate surface area is 167 Å². The Morgan fingerprint density at radius 2 is 2.00 bits per heavy atom. The van der Waals surface area contributed by atoms with Crippen LogP contribution >= 0.6 is 11.6 Å². The largest absolute Gasteiger partial charge is 0.489 e. The van der Waals surface area contributed by atoms with E-state index in [0.717, 1.165) is 23.4 Å². The predicted octanol–water partition coefficient (Wildman–Crippen LogP) is 1.38. The molecule has 0 aliphatic heterocycles. The maximum Gasteiger partial charge on any atom is 0.277 e. The summed E-state index contributed by atoms with van der Waals surface area (Å²) in [6.07, 6.45) is 0. The lowest BCUT2D eigenvalue weighted by molar-refractivity contribution is -0.668. The van der Waals surface area contributed by atoms with Gasteiger partial charge in [0.1, 0.15) is 18.9 Å². The third kappa shape index (κ3) is 5.70. The van der Waals surface area contributed by atoms with Crippen molar-refractivity contribution in [2.45, 2.75) is 13.2 Å². The van der Waals surface area contributed by atoms with Gasteiger partial charge in [0.15, 0.2) is 0 Å². The maximum atomic E-state index is 11.8. The third-order valence-corrected chi connectivity index (χ3v) is 4.21. The molecule has 1 amide bonds. The zero-order chi connectivity index (χ0) is 19.8. The van der Waals surface area contributed by atoms with Gasteiger partial charge in [0.2, 0.25) is 11.5 Å². The molecular weight excluding hydrogens is 382 g/mol. The lowest BCUT2D eigenvalue weighted by atomic mass is 10.2. The Bertz CT molecular complexity index is 914. The molecule has 0 spiro atoms. The SMILES string of the molecule is Nc1nonc1C(=O)NCC[NH2+]Cc1cccc(OCc2ccc(Cl)cc2)c1. The quantitative estimate of drug-likeness (QED) is 0.465. The smallest absolute Gasteiger partial charge is 0.277 e. The minimum atomic E-state index is -0.398. The maximum absolute atomic E-state index is 11.8. The predicted molar refractivity (Wildman–Crippen MR) is 104 cm³/mol. The number of carbonyl (C=O) groups is 1. The molecule has 0 atom stereocenters. The van der Waals surface area contributed by atoms with E-state index in [0.29, 0.717) is 24.7 Å². The van der Waals surface area contributed by atoms with Crippen LogP contribution in [0.2, 0.25) is 5.02 Å². The summed E-state index contributed by atoms with van der Waals surface area (Å²) in [5.74, 6) is 0.393. The standard InChI is InChI=1S/C19H20ClN5O3/c20-15-6-4-13(5-7-15)12-27-16-3-1-2-14(10-16)11-22-8-9-23-19(26)17-18(21)25-28-24-17/h1-7,10,22H,8-9,11-12H2,(H2,21,25)(H,23,26)/p+1. The lowest BCUT2D eigenvalue weighted by Gasteiger charge is -2.08. The molecule has 5 N–H and O–H groups in total. The van der Waals surface area contributed by atoms with Crippen LogP contribution in [0, 0.1) is 0 Å². The summed E-state index contributed by atoms with van der Waals surface area (Å²) in [4.78, 5) is 11.8. The van der Waals surface area contributed by atoms with Crippen molar-refractivity contribution < 1.29 is 19.5 Å². The molecule has 2 aromatic carbocycles. The van der Waals surface area contributed by atoms with Crippen molar-refractivity contribution in [1.29, 1.82) is 0 Å². The van der Waals surface area contributed by atoms with E-state index in [4.69, 9.17) is 22.1 Å². The molecule has 1 heterocycles. The van der Waals surface area contributed by atoms with Gasteiger partial charge in [0.25, 0.3) is 5.91 Å². The Morgan fingerprint density at radius 1 is 1.18 bits per heavy atom. The normalized spacial score (nSPS) is 10.6. The summed E-state index contributed by atoms with van der Waals surface area (Å²) in [6.45, 7) is 2.42. The zero-order valence-corrected chi connectivity index (χ0v) is 15.9. The molecule has 0 fully saturated rings. The van der Waals surface area contributed by atoms with E-state index < -0.39 is 5.91 Å². The number of amides is 1. The molecular formula is C19H21ClN5O3+. The summed E-state index contributed by atoms with van der Waals surface area (Å²) < 4.78 is 10.2. The average Bonchev–Trinajstić information content (AvgIpc) is 3.13. The van der Waals surface area contributed by atoms with Gasteiger partial charge in [-0.25, -0.2) is 4.63 Å². The van der Waals surface area contributed by atoms with Crippen molar-refractivity contribution >= 4 is 23.3 Å². The minimum absolute atomic E-state index is 0.00513. The van der Waals surface area contributed by atoms with E-state index in [-0.39, 0.29) is 11.5 Å². The molecule has 0 aliphatic carbocycles. The number of carbonyl (C=O) groups excluding carboxylic acids is 1. The molecule has 8 nitrogen and oxygen atoms in total. The Morgan fingerprint density at radius 3 is 2.75 bits per heavy atom.